The van der Waals surface area contributed by atoms with Gasteiger partial charge in [-0.3, -0.25) is 0 Å². The molecule has 5 nitrogen and oxygen atoms in total. The number of hydrogen-bond donors (Lipinski definition) is 0. The first-order valence-corrected chi connectivity index (χ1v) is 7.84. The zero-order chi connectivity index (χ0) is 16.9. The maximum Gasteiger partial charge on any atom is 0.490 e. The lowest BCUT2D eigenvalue weighted by molar-refractivity contribution is 0.00578. The molecular weight excluding hydrogens is 281 g/mol. The average molecular weight is 309 g/mol. The summed E-state index contributed by atoms with van der Waals surface area (Å²) in [5, 5.41) is 0. The number of amides is 1. The molecule has 0 aliphatic carbocycles. The molecule has 2 aliphatic heterocycles. The summed E-state index contributed by atoms with van der Waals surface area (Å²) < 4.78 is 17.5. The van der Waals surface area contributed by atoms with Crippen LogP contribution < -0.4 is 0 Å². The zero-order valence-electron chi connectivity index (χ0n) is 15.1. The van der Waals surface area contributed by atoms with Gasteiger partial charge < -0.3 is 18.9 Å². The van der Waals surface area contributed by atoms with Crippen LogP contribution in [0.15, 0.2) is 11.0 Å². The fraction of sp³-hybridized carbons (Fsp3) is 0.812. The molecule has 0 radical (unpaired) electrons. The Kier molecular flexibility index (Phi) is 4.16. The van der Waals surface area contributed by atoms with Gasteiger partial charge in [0.15, 0.2) is 0 Å². The van der Waals surface area contributed by atoms with Gasteiger partial charge in [-0.25, -0.2) is 4.79 Å². The Bertz CT molecular complexity index is 481. The van der Waals surface area contributed by atoms with Gasteiger partial charge >= 0.3 is 13.2 Å². The Hall–Kier alpha value is -1.01. The molecule has 0 aromatic rings. The smallest absolute Gasteiger partial charge is 0.444 e. The predicted octanol–water partition coefficient (Wildman–Crippen LogP) is 3.19. The second-order valence-electron chi connectivity index (χ2n) is 8.21. The number of likely N-dealkylation sites (tertiary alicyclic amines) is 1. The van der Waals surface area contributed by atoms with E-state index >= 15 is 0 Å². The average Bonchev–Trinajstić information content (AvgIpc) is 2.42. The number of allylic oxidation sites excluding steroid dienone is 1. The van der Waals surface area contributed by atoms with E-state index in [9.17, 15) is 4.79 Å². The summed E-state index contributed by atoms with van der Waals surface area (Å²) in [6.07, 6.45) is -0.266. The molecule has 6 heteroatoms. The summed E-state index contributed by atoms with van der Waals surface area (Å²) in [6, 6.07) is 0. The van der Waals surface area contributed by atoms with E-state index in [0.29, 0.717) is 13.1 Å². The third kappa shape index (κ3) is 3.33. The van der Waals surface area contributed by atoms with Crippen LogP contribution in [0.4, 0.5) is 4.79 Å². The van der Waals surface area contributed by atoms with Crippen LogP contribution in [0.2, 0.25) is 0 Å². The standard InChI is InChI=1S/C16H28BNO4/c1-11(17-21-15(5,6)16(7,8)22-17)12-9-18(10-12)13(19)20-14(2,3)4/h9-10H2,1-8H3. The summed E-state index contributed by atoms with van der Waals surface area (Å²) in [5.74, 6) is 0. The number of carbonyl (C=O) groups is 1. The topological polar surface area (TPSA) is 48.0 Å². The van der Waals surface area contributed by atoms with E-state index in [0.717, 1.165) is 5.47 Å². The quantitative estimate of drug-likeness (QED) is 0.698. The molecule has 0 saturated carbocycles. The number of nitrogens with zero attached hydrogens (tertiary/aromatic N) is 1. The lowest BCUT2D eigenvalue weighted by atomic mass is 9.74. The Morgan fingerprint density at radius 3 is 2.00 bits per heavy atom. The molecule has 0 aromatic carbocycles. The molecule has 2 saturated heterocycles. The SMILES string of the molecule is CC(B1OC(C)(C)C(C)(C)O1)=C1CN(C(=O)OC(C)(C)C)C1. The third-order valence-corrected chi connectivity index (χ3v) is 4.58. The zero-order valence-corrected chi connectivity index (χ0v) is 15.1. The second-order valence-corrected chi connectivity index (χ2v) is 8.21. The van der Waals surface area contributed by atoms with E-state index in [1.807, 2.05) is 55.4 Å². The lowest BCUT2D eigenvalue weighted by Gasteiger charge is -2.37. The molecule has 22 heavy (non-hydrogen) atoms. The Morgan fingerprint density at radius 1 is 1.14 bits per heavy atom. The van der Waals surface area contributed by atoms with E-state index < -0.39 is 5.60 Å². The van der Waals surface area contributed by atoms with Gasteiger partial charge in [0.1, 0.15) is 5.60 Å². The van der Waals surface area contributed by atoms with Crippen LogP contribution in [0.5, 0.6) is 0 Å². The summed E-state index contributed by atoms with van der Waals surface area (Å²) >= 11 is 0. The van der Waals surface area contributed by atoms with Crippen molar-refractivity contribution in [3.8, 4) is 0 Å². The van der Waals surface area contributed by atoms with Gasteiger partial charge in [-0.2, -0.15) is 0 Å². The van der Waals surface area contributed by atoms with Gasteiger partial charge in [0.2, 0.25) is 0 Å². The van der Waals surface area contributed by atoms with Crippen LogP contribution in [0.1, 0.15) is 55.4 Å². The summed E-state index contributed by atoms with van der Waals surface area (Å²) in [5.41, 5.74) is 1.11. The van der Waals surface area contributed by atoms with Crippen LogP contribution in [0, 0.1) is 0 Å². The number of hydrogen-bond acceptors (Lipinski definition) is 4. The van der Waals surface area contributed by atoms with Crippen LogP contribution in [-0.4, -0.2) is 48.0 Å². The van der Waals surface area contributed by atoms with Crippen LogP contribution in [0.3, 0.4) is 0 Å². The van der Waals surface area contributed by atoms with Crippen molar-refractivity contribution in [3.05, 3.63) is 11.0 Å². The highest BCUT2D eigenvalue weighted by Crippen LogP contribution is 2.39. The molecule has 124 valence electrons. The minimum Gasteiger partial charge on any atom is -0.444 e. The molecule has 0 spiro atoms. The van der Waals surface area contributed by atoms with Crippen LogP contribution in [-0.2, 0) is 14.0 Å². The van der Waals surface area contributed by atoms with E-state index in [1.54, 1.807) is 4.90 Å². The maximum absolute atomic E-state index is 12.0. The Labute approximate surface area is 134 Å². The van der Waals surface area contributed by atoms with Crippen molar-refractivity contribution in [2.75, 3.05) is 13.1 Å². The molecule has 2 heterocycles. The molecular formula is C16H28BNO4. The molecule has 0 atom stereocenters. The van der Waals surface area contributed by atoms with Crippen molar-refractivity contribution in [1.29, 1.82) is 0 Å². The molecule has 0 aromatic heterocycles. The molecule has 2 fully saturated rings. The van der Waals surface area contributed by atoms with E-state index in [4.69, 9.17) is 14.0 Å². The summed E-state index contributed by atoms with van der Waals surface area (Å²) in [6.45, 7) is 17.0. The molecule has 2 aliphatic rings. The van der Waals surface area contributed by atoms with E-state index in [1.165, 1.54) is 5.57 Å². The second kappa shape index (κ2) is 5.27. The monoisotopic (exact) mass is 309 g/mol. The highest BCUT2D eigenvalue weighted by Gasteiger charge is 2.52. The van der Waals surface area contributed by atoms with Crippen molar-refractivity contribution in [3.63, 3.8) is 0 Å². The molecule has 0 unspecified atom stereocenters. The largest absolute Gasteiger partial charge is 0.490 e. The molecule has 1 amide bonds. The van der Waals surface area contributed by atoms with Crippen molar-refractivity contribution in [1.82, 2.24) is 4.90 Å². The lowest BCUT2D eigenvalue weighted by Crippen LogP contribution is -2.48. The van der Waals surface area contributed by atoms with Crippen molar-refractivity contribution < 1.29 is 18.8 Å². The highest BCUT2D eigenvalue weighted by molar-refractivity contribution is 6.54. The number of carbonyl (C=O) groups excluding carboxylic acids is 1. The van der Waals surface area contributed by atoms with Crippen LogP contribution >= 0.6 is 0 Å². The summed E-state index contributed by atoms with van der Waals surface area (Å²) in [4.78, 5) is 13.6. The van der Waals surface area contributed by atoms with Gasteiger partial charge in [0, 0.05) is 13.1 Å². The molecule has 0 bridgehead atoms. The van der Waals surface area contributed by atoms with E-state index in [2.05, 4.69) is 0 Å². The first-order valence-electron chi connectivity index (χ1n) is 7.84. The van der Waals surface area contributed by atoms with Crippen LogP contribution in [0.25, 0.3) is 0 Å². The fourth-order valence-electron chi connectivity index (χ4n) is 2.31. The minimum atomic E-state index is -0.461. The van der Waals surface area contributed by atoms with Crippen molar-refractivity contribution in [2.45, 2.75) is 72.2 Å². The van der Waals surface area contributed by atoms with E-state index in [-0.39, 0.29) is 24.4 Å². The Balaban J connectivity index is 1.97. The highest BCUT2D eigenvalue weighted by atomic mass is 16.7. The number of rotatable bonds is 1. The van der Waals surface area contributed by atoms with Gasteiger partial charge in [-0.05, 0) is 66.4 Å². The fourth-order valence-corrected chi connectivity index (χ4v) is 2.31. The van der Waals surface area contributed by atoms with Gasteiger partial charge in [-0.15, -0.1) is 0 Å². The predicted molar refractivity (Wildman–Crippen MR) is 86.6 cm³/mol. The normalized spacial score (nSPS) is 23.4. The van der Waals surface area contributed by atoms with Gasteiger partial charge in [0.05, 0.1) is 11.2 Å². The maximum atomic E-state index is 12.0. The minimum absolute atomic E-state index is 0.266. The Morgan fingerprint density at radius 2 is 1.59 bits per heavy atom. The first-order chi connectivity index (χ1) is 9.82. The first kappa shape index (κ1) is 17.4. The molecule has 2 rings (SSSR count). The van der Waals surface area contributed by atoms with Gasteiger partial charge in [-0.1, -0.05) is 0 Å². The third-order valence-electron chi connectivity index (χ3n) is 4.58. The summed E-state index contributed by atoms with van der Waals surface area (Å²) in [7, 11) is -0.333. The van der Waals surface area contributed by atoms with Crippen molar-refractivity contribution >= 4 is 13.2 Å². The van der Waals surface area contributed by atoms with Crippen molar-refractivity contribution in [2.24, 2.45) is 0 Å². The van der Waals surface area contributed by atoms with Gasteiger partial charge in [0.25, 0.3) is 0 Å². The molecule has 0 N–H and O–H groups in total. The number of ether oxygens (including phenoxy) is 1.